The largest absolute Gasteiger partial charge is 0.289 e. The molecule has 38 heavy (non-hydrogen) atoms. The molecule has 1 aliphatic rings. The molecule has 0 radical (unpaired) electrons. The third kappa shape index (κ3) is 8.51. The zero-order valence-corrected chi connectivity index (χ0v) is 24.5. The van der Waals surface area contributed by atoms with Crippen molar-refractivity contribution in [1.29, 1.82) is 0 Å². The van der Waals surface area contributed by atoms with Gasteiger partial charge in [-0.25, -0.2) is 0 Å². The Bertz CT molecular complexity index is 1230. The maximum Gasteiger partial charge on any atom is 0.194 e. The topological polar surface area (TPSA) is 34.1 Å². The van der Waals surface area contributed by atoms with E-state index in [9.17, 15) is 9.59 Å². The Labute approximate surface area is 230 Å². The van der Waals surface area contributed by atoms with Gasteiger partial charge in [0.15, 0.2) is 11.6 Å². The molecule has 0 aromatic heterocycles. The van der Waals surface area contributed by atoms with E-state index in [1.165, 1.54) is 29.6 Å². The van der Waals surface area contributed by atoms with Crippen molar-refractivity contribution in [3.8, 4) is 0 Å². The second-order valence-corrected chi connectivity index (χ2v) is 11.7. The average Bonchev–Trinajstić information content (AvgIpc) is 2.86. The quantitative estimate of drug-likeness (QED) is 0.214. The Hall–Kier alpha value is -3.00. The summed E-state index contributed by atoms with van der Waals surface area (Å²) in [7, 11) is 0. The number of rotatable bonds is 13. The molecule has 2 heteroatoms. The van der Waals surface area contributed by atoms with Gasteiger partial charge in [-0.15, -0.1) is 0 Å². The van der Waals surface area contributed by atoms with Gasteiger partial charge in [-0.05, 0) is 115 Å². The van der Waals surface area contributed by atoms with Crippen LogP contribution in [-0.2, 0) is 12.8 Å². The second-order valence-electron chi connectivity index (χ2n) is 11.7. The molecule has 202 valence electrons. The third-order valence-electron chi connectivity index (χ3n) is 7.54. The van der Waals surface area contributed by atoms with Gasteiger partial charge in [-0.3, -0.25) is 9.59 Å². The first-order valence-electron chi connectivity index (χ1n) is 14.4. The van der Waals surface area contributed by atoms with E-state index < -0.39 is 0 Å². The van der Waals surface area contributed by atoms with Gasteiger partial charge in [0.05, 0.1) is 0 Å². The van der Waals surface area contributed by atoms with Crippen molar-refractivity contribution in [1.82, 2.24) is 0 Å². The Morgan fingerprint density at radius 1 is 0.658 bits per heavy atom. The molecule has 0 amide bonds. The lowest BCUT2D eigenvalue weighted by molar-refractivity contribution is 0.0979. The van der Waals surface area contributed by atoms with E-state index in [4.69, 9.17) is 0 Å². The fourth-order valence-corrected chi connectivity index (χ4v) is 5.19. The summed E-state index contributed by atoms with van der Waals surface area (Å²) < 4.78 is 0. The Morgan fingerprint density at radius 3 is 1.82 bits per heavy atom. The van der Waals surface area contributed by atoms with Crippen molar-refractivity contribution in [2.24, 2.45) is 5.92 Å². The van der Waals surface area contributed by atoms with Crippen molar-refractivity contribution in [2.75, 3.05) is 0 Å². The molecule has 2 aromatic rings. The Kier molecular flexibility index (Phi) is 11.1. The first kappa shape index (κ1) is 29.6. The van der Waals surface area contributed by atoms with Gasteiger partial charge in [0.1, 0.15) is 0 Å². The van der Waals surface area contributed by atoms with Crippen LogP contribution in [0.3, 0.4) is 0 Å². The van der Waals surface area contributed by atoms with Gasteiger partial charge in [0.25, 0.3) is 0 Å². The van der Waals surface area contributed by atoms with Crippen molar-refractivity contribution in [3.63, 3.8) is 0 Å². The SMILES string of the molecule is CC(C)=CCC/C(C)=C/CCc1ccc2c(c1)C(=O)c1cc(CCCC(C)CCC=C(C)C)ccc1C2=O. The average molecular weight is 511 g/mol. The standard InChI is InChI=1S/C36H46O2/c1-25(2)11-7-13-27(5)15-9-17-29-19-21-31-33(23-29)36(38)34-24-30(20-22-32(34)35(31)37)18-10-16-28(6)14-8-12-26(3)4/h11-12,15,19-24,28H,7-10,13-14,16-18H2,1-6H3/b27-15+. The maximum absolute atomic E-state index is 13.5. The van der Waals surface area contributed by atoms with E-state index in [0.717, 1.165) is 56.1 Å². The normalized spacial score (nSPS) is 13.6. The number of hydrogen-bond donors (Lipinski definition) is 0. The summed E-state index contributed by atoms with van der Waals surface area (Å²) in [6.45, 7) is 13.1. The summed E-state index contributed by atoms with van der Waals surface area (Å²) in [6, 6.07) is 11.7. The van der Waals surface area contributed by atoms with E-state index in [-0.39, 0.29) is 11.6 Å². The number of carbonyl (C=O) groups excluding carboxylic acids is 2. The van der Waals surface area contributed by atoms with Crippen LogP contribution in [0.15, 0.2) is 71.3 Å². The first-order valence-corrected chi connectivity index (χ1v) is 14.4. The maximum atomic E-state index is 13.5. The summed E-state index contributed by atoms with van der Waals surface area (Å²) in [5, 5.41) is 0. The van der Waals surface area contributed by atoms with Crippen LogP contribution in [0.4, 0.5) is 0 Å². The van der Waals surface area contributed by atoms with Crippen molar-refractivity contribution in [2.45, 2.75) is 99.3 Å². The molecular formula is C36H46O2. The molecule has 0 saturated carbocycles. The minimum Gasteiger partial charge on any atom is -0.289 e. The summed E-state index contributed by atoms with van der Waals surface area (Å²) in [4.78, 5) is 26.7. The lowest BCUT2D eigenvalue weighted by atomic mass is 9.82. The minimum atomic E-state index is -0.0318. The molecule has 0 aliphatic heterocycles. The molecule has 0 fully saturated rings. The van der Waals surface area contributed by atoms with Gasteiger partial charge >= 0.3 is 0 Å². The number of hydrogen-bond acceptors (Lipinski definition) is 2. The summed E-state index contributed by atoms with van der Waals surface area (Å²) in [6.07, 6.45) is 16.4. The highest BCUT2D eigenvalue weighted by Gasteiger charge is 2.29. The molecule has 1 aliphatic carbocycles. The predicted octanol–water partition coefficient (Wildman–Crippen LogP) is 9.79. The van der Waals surface area contributed by atoms with E-state index in [0.29, 0.717) is 28.2 Å². The molecule has 3 rings (SSSR count). The van der Waals surface area contributed by atoms with Gasteiger partial charge in [0, 0.05) is 22.3 Å². The number of carbonyl (C=O) groups is 2. The molecule has 0 spiro atoms. The zero-order chi connectivity index (χ0) is 27.7. The van der Waals surface area contributed by atoms with E-state index in [2.05, 4.69) is 59.8 Å². The highest BCUT2D eigenvalue weighted by atomic mass is 16.1. The van der Waals surface area contributed by atoms with Gasteiger partial charge in [0.2, 0.25) is 0 Å². The van der Waals surface area contributed by atoms with Crippen LogP contribution in [0.5, 0.6) is 0 Å². The molecule has 0 N–H and O–H groups in total. The van der Waals surface area contributed by atoms with Crippen molar-refractivity contribution < 1.29 is 9.59 Å². The number of allylic oxidation sites excluding steroid dienone is 6. The van der Waals surface area contributed by atoms with Crippen LogP contribution >= 0.6 is 0 Å². The van der Waals surface area contributed by atoms with Crippen LogP contribution in [0.1, 0.15) is 129 Å². The Morgan fingerprint density at radius 2 is 1.21 bits per heavy atom. The summed E-state index contributed by atoms with van der Waals surface area (Å²) in [5.74, 6) is 0.644. The fraction of sp³-hybridized carbons (Fsp3) is 0.444. The minimum absolute atomic E-state index is 0.0122. The highest BCUT2D eigenvalue weighted by Crippen LogP contribution is 2.30. The van der Waals surface area contributed by atoms with Crippen molar-refractivity contribution >= 4 is 11.6 Å². The molecule has 0 heterocycles. The molecule has 2 nitrogen and oxygen atoms in total. The first-order chi connectivity index (χ1) is 18.2. The van der Waals surface area contributed by atoms with Gasteiger partial charge in [-0.2, -0.15) is 0 Å². The molecule has 0 bridgehead atoms. The molecule has 1 unspecified atom stereocenters. The number of benzene rings is 2. The number of fused-ring (bicyclic) bond motifs is 2. The molecule has 1 atom stereocenters. The van der Waals surface area contributed by atoms with Gasteiger partial charge < -0.3 is 0 Å². The van der Waals surface area contributed by atoms with Crippen LogP contribution < -0.4 is 0 Å². The molecule has 2 aromatic carbocycles. The fourth-order valence-electron chi connectivity index (χ4n) is 5.19. The number of ketones is 2. The van der Waals surface area contributed by atoms with E-state index >= 15 is 0 Å². The highest BCUT2D eigenvalue weighted by molar-refractivity contribution is 6.28. The van der Waals surface area contributed by atoms with Gasteiger partial charge in [-0.1, -0.05) is 72.6 Å². The van der Waals surface area contributed by atoms with E-state index in [1.807, 2.05) is 36.4 Å². The van der Waals surface area contributed by atoms with E-state index in [1.54, 1.807) is 0 Å². The smallest absolute Gasteiger partial charge is 0.194 e. The summed E-state index contributed by atoms with van der Waals surface area (Å²) in [5.41, 5.74) is 8.63. The van der Waals surface area contributed by atoms with Crippen LogP contribution in [0.2, 0.25) is 0 Å². The molecule has 0 saturated heterocycles. The van der Waals surface area contributed by atoms with Crippen LogP contribution in [0.25, 0.3) is 0 Å². The lowest BCUT2D eigenvalue weighted by Gasteiger charge is -2.19. The number of aryl methyl sites for hydroxylation is 2. The monoisotopic (exact) mass is 510 g/mol. The second kappa shape index (κ2) is 14.2. The third-order valence-corrected chi connectivity index (χ3v) is 7.54. The lowest BCUT2D eigenvalue weighted by Crippen LogP contribution is -2.21. The Balaban J connectivity index is 1.63. The van der Waals surface area contributed by atoms with Crippen molar-refractivity contribution in [3.05, 3.63) is 105 Å². The van der Waals surface area contributed by atoms with Crippen LogP contribution in [0, 0.1) is 5.92 Å². The van der Waals surface area contributed by atoms with Crippen LogP contribution in [-0.4, -0.2) is 11.6 Å². The summed E-state index contributed by atoms with van der Waals surface area (Å²) >= 11 is 0. The zero-order valence-electron chi connectivity index (χ0n) is 24.5. The predicted molar refractivity (Wildman–Crippen MR) is 161 cm³/mol. The molecular weight excluding hydrogens is 464 g/mol.